The van der Waals surface area contributed by atoms with E-state index in [1.807, 2.05) is 18.2 Å². The Labute approximate surface area is 196 Å². The molecule has 2 amide bonds. The van der Waals surface area contributed by atoms with Gasteiger partial charge < -0.3 is 35.4 Å². The van der Waals surface area contributed by atoms with Gasteiger partial charge in [0.05, 0.1) is 18.2 Å². The summed E-state index contributed by atoms with van der Waals surface area (Å²) in [7, 11) is 0. The first-order chi connectivity index (χ1) is 16.2. The van der Waals surface area contributed by atoms with E-state index in [1.165, 1.54) is 6.92 Å². The van der Waals surface area contributed by atoms with Crippen LogP contribution in [-0.4, -0.2) is 70.1 Å². The summed E-state index contributed by atoms with van der Waals surface area (Å²) in [5.74, 6) is -1.00. The predicted molar refractivity (Wildman–Crippen MR) is 120 cm³/mol. The minimum absolute atomic E-state index is 0.00571. The maximum Gasteiger partial charge on any atom is 0.332 e. The highest BCUT2D eigenvalue weighted by molar-refractivity contribution is 5.94. The van der Waals surface area contributed by atoms with Crippen LogP contribution in [0.2, 0.25) is 0 Å². The van der Waals surface area contributed by atoms with Crippen molar-refractivity contribution in [2.75, 3.05) is 6.54 Å². The molecule has 0 aliphatic carbocycles. The first-order valence-electron chi connectivity index (χ1n) is 10.9. The Bertz CT molecular complexity index is 999. The number of carbonyl (C=O) groups is 3. The van der Waals surface area contributed by atoms with Crippen LogP contribution >= 0.6 is 0 Å². The summed E-state index contributed by atoms with van der Waals surface area (Å²) >= 11 is 0. The van der Waals surface area contributed by atoms with E-state index in [2.05, 4.69) is 10.6 Å². The molecule has 0 spiro atoms. The van der Waals surface area contributed by atoms with E-state index in [0.29, 0.717) is 17.1 Å². The number of nitrogens with one attached hydrogen (secondary N) is 2. The number of para-hydroxylation sites is 1. The normalized spacial score (nSPS) is 22.9. The van der Waals surface area contributed by atoms with Crippen LogP contribution < -0.4 is 15.4 Å². The Morgan fingerprint density at radius 3 is 2.50 bits per heavy atom. The summed E-state index contributed by atoms with van der Waals surface area (Å²) in [6, 6.07) is 14.8. The standard InChI is InChI=1S/C24H28N2O8/c1-14(27)26-21-19(29)13-20(24(31)32)34-22(21)18(28)10-11-25-23(30)15-6-5-9-17(12-15)33-16-7-3-2-4-8-16/h2-9,12,18-22,28-29H,10-11,13H2,1H3,(H,25,30)(H,26,27)(H,31,32)/t18-,19+,20-,21-,22+/m1/s1. The third-order valence-electron chi connectivity index (χ3n) is 5.37. The Morgan fingerprint density at radius 1 is 1.12 bits per heavy atom. The summed E-state index contributed by atoms with van der Waals surface area (Å²) < 4.78 is 11.2. The number of hydrogen-bond donors (Lipinski definition) is 5. The first-order valence-corrected chi connectivity index (χ1v) is 10.9. The lowest BCUT2D eigenvalue weighted by molar-refractivity contribution is -0.184. The molecule has 0 unspecified atom stereocenters. The van der Waals surface area contributed by atoms with Gasteiger partial charge in [0.15, 0.2) is 6.10 Å². The average molecular weight is 472 g/mol. The van der Waals surface area contributed by atoms with Gasteiger partial charge in [-0.15, -0.1) is 0 Å². The zero-order chi connectivity index (χ0) is 24.7. The summed E-state index contributed by atoms with van der Waals surface area (Å²) in [5.41, 5.74) is 0.356. The second-order valence-corrected chi connectivity index (χ2v) is 8.01. The Balaban J connectivity index is 1.58. The molecule has 0 radical (unpaired) electrons. The van der Waals surface area contributed by atoms with Crippen LogP contribution in [0.25, 0.3) is 0 Å². The van der Waals surface area contributed by atoms with Gasteiger partial charge in [0.1, 0.15) is 17.6 Å². The smallest absolute Gasteiger partial charge is 0.332 e. The van der Waals surface area contributed by atoms with Crippen molar-refractivity contribution in [3.63, 3.8) is 0 Å². The number of aliphatic carboxylic acids is 1. The highest BCUT2D eigenvalue weighted by atomic mass is 16.5. The number of amides is 2. The fourth-order valence-corrected chi connectivity index (χ4v) is 3.74. The number of aliphatic hydroxyl groups is 2. The lowest BCUT2D eigenvalue weighted by Gasteiger charge is -2.40. The molecule has 34 heavy (non-hydrogen) atoms. The lowest BCUT2D eigenvalue weighted by Crippen LogP contribution is -2.61. The molecule has 1 aliphatic heterocycles. The maximum absolute atomic E-state index is 12.6. The van der Waals surface area contributed by atoms with Crippen molar-refractivity contribution in [2.24, 2.45) is 0 Å². The number of ether oxygens (including phenoxy) is 2. The fraction of sp³-hybridized carbons (Fsp3) is 0.375. The molecule has 0 saturated carbocycles. The van der Waals surface area contributed by atoms with Crippen LogP contribution in [0, 0.1) is 0 Å². The minimum atomic E-state index is -1.32. The van der Waals surface area contributed by atoms with Crippen LogP contribution in [0.3, 0.4) is 0 Å². The van der Waals surface area contributed by atoms with E-state index in [0.717, 1.165) is 0 Å². The van der Waals surface area contributed by atoms with E-state index < -0.39 is 48.2 Å². The second-order valence-electron chi connectivity index (χ2n) is 8.01. The molecule has 5 N–H and O–H groups in total. The van der Waals surface area contributed by atoms with Crippen LogP contribution in [-0.2, 0) is 14.3 Å². The molecule has 0 aromatic heterocycles. The van der Waals surface area contributed by atoms with Gasteiger partial charge in [-0.05, 0) is 36.8 Å². The zero-order valence-electron chi connectivity index (χ0n) is 18.6. The molecular weight excluding hydrogens is 444 g/mol. The Morgan fingerprint density at radius 2 is 1.82 bits per heavy atom. The molecule has 5 atom stereocenters. The number of carboxylic acids is 1. The van der Waals surface area contributed by atoms with Crippen molar-refractivity contribution in [3.05, 3.63) is 60.2 Å². The molecule has 1 fully saturated rings. The monoisotopic (exact) mass is 472 g/mol. The number of hydrogen-bond acceptors (Lipinski definition) is 7. The minimum Gasteiger partial charge on any atom is -0.479 e. The van der Waals surface area contributed by atoms with Crippen molar-refractivity contribution < 1.29 is 39.2 Å². The van der Waals surface area contributed by atoms with Gasteiger partial charge in [-0.1, -0.05) is 24.3 Å². The van der Waals surface area contributed by atoms with Crippen molar-refractivity contribution in [1.82, 2.24) is 10.6 Å². The van der Waals surface area contributed by atoms with E-state index >= 15 is 0 Å². The number of carbonyl (C=O) groups excluding carboxylic acids is 2. The molecule has 1 aliphatic rings. The number of carboxylic acid groups (broad SMARTS) is 1. The highest BCUT2D eigenvalue weighted by Crippen LogP contribution is 2.25. The van der Waals surface area contributed by atoms with Gasteiger partial charge in [-0.2, -0.15) is 0 Å². The van der Waals surface area contributed by atoms with Crippen molar-refractivity contribution in [2.45, 2.75) is 50.2 Å². The van der Waals surface area contributed by atoms with Crippen molar-refractivity contribution in [1.29, 1.82) is 0 Å². The second kappa shape index (κ2) is 11.6. The number of benzene rings is 2. The summed E-state index contributed by atoms with van der Waals surface area (Å²) in [6.07, 6.45) is -5.15. The summed E-state index contributed by atoms with van der Waals surface area (Å²) in [6.45, 7) is 1.29. The van der Waals surface area contributed by atoms with Gasteiger partial charge in [0, 0.05) is 25.5 Å². The Hall–Kier alpha value is -3.47. The van der Waals surface area contributed by atoms with Gasteiger partial charge in [-0.3, -0.25) is 9.59 Å². The molecule has 1 saturated heterocycles. The topological polar surface area (TPSA) is 154 Å². The first kappa shape index (κ1) is 25.2. The molecule has 1 heterocycles. The van der Waals surface area contributed by atoms with Crippen LogP contribution in [0.4, 0.5) is 0 Å². The molecule has 0 bridgehead atoms. The van der Waals surface area contributed by atoms with Crippen LogP contribution in [0.5, 0.6) is 11.5 Å². The van der Waals surface area contributed by atoms with Gasteiger partial charge >= 0.3 is 5.97 Å². The average Bonchev–Trinajstić information content (AvgIpc) is 2.80. The van der Waals surface area contributed by atoms with E-state index in [1.54, 1.807) is 36.4 Å². The number of rotatable bonds is 9. The van der Waals surface area contributed by atoms with Gasteiger partial charge in [0.25, 0.3) is 5.91 Å². The molecule has 2 aromatic rings. The van der Waals surface area contributed by atoms with E-state index in [9.17, 15) is 29.7 Å². The third-order valence-corrected chi connectivity index (χ3v) is 5.37. The van der Waals surface area contributed by atoms with Crippen molar-refractivity contribution >= 4 is 17.8 Å². The molecule has 10 nitrogen and oxygen atoms in total. The summed E-state index contributed by atoms with van der Waals surface area (Å²) in [4.78, 5) is 35.4. The summed E-state index contributed by atoms with van der Waals surface area (Å²) in [5, 5.41) is 35.3. The Kier molecular flexibility index (Phi) is 8.58. The zero-order valence-corrected chi connectivity index (χ0v) is 18.6. The molecule has 2 aromatic carbocycles. The third kappa shape index (κ3) is 6.77. The van der Waals surface area contributed by atoms with Gasteiger partial charge in [-0.25, -0.2) is 4.79 Å². The van der Waals surface area contributed by atoms with E-state index in [-0.39, 0.29) is 19.4 Å². The maximum atomic E-state index is 12.6. The predicted octanol–water partition coefficient (Wildman–Crippen LogP) is 1.07. The van der Waals surface area contributed by atoms with Crippen LogP contribution in [0.1, 0.15) is 30.1 Å². The molecule has 3 rings (SSSR count). The van der Waals surface area contributed by atoms with Crippen LogP contribution in [0.15, 0.2) is 54.6 Å². The SMILES string of the molecule is CC(=O)N[C@H]1[C@H]([C@H](O)CCNC(=O)c2cccc(Oc3ccccc3)c2)O[C@@H](C(=O)O)C[C@@H]1O. The molecule has 182 valence electrons. The largest absolute Gasteiger partial charge is 0.479 e. The van der Waals surface area contributed by atoms with Gasteiger partial charge in [0.2, 0.25) is 5.91 Å². The quantitative estimate of drug-likeness (QED) is 0.363. The molecule has 10 heteroatoms. The lowest BCUT2D eigenvalue weighted by atomic mass is 9.91. The number of aliphatic hydroxyl groups excluding tert-OH is 2. The van der Waals surface area contributed by atoms with Crippen molar-refractivity contribution in [3.8, 4) is 11.5 Å². The van der Waals surface area contributed by atoms with E-state index in [4.69, 9.17) is 9.47 Å². The highest BCUT2D eigenvalue weighted by Gasteiger charge is 2.44. The fourth-order valence-electron chi connectivity index (χ4n) is 3.74. The molecular formula is C24H28N2O8.